The number of carbonyl (C=O) groups excluding carboxylic acids is 1. The molecule has 0 N–H and O–H groups in total. The van der Waals surface area contributed by atoms with Gasteiger partial charge in [-0.2, -0.15) is 0 Å². The van der Waals surface area contributed by atoms with Crippen molar-refractivity contribution >= 4 is 5.78 Å². The van der Waals surface area contributed by atoms with Crippen LogP contribution in [0, 0.1) is 0 Å². The van der Waals surface area contributed by atoms with Gasteiger partial charge in [-0.15, -0.1) is 0 Å². The molecule has 3 heteroatoms. The van der Waals surface area contributed by atoms with Crippen LogP contribution in [0.5, 0.6) is 0 Å². The van der Waals surface area contributed by atoms with Gasteiger partial charge in [0.05, 0.1) is 6.54 Å². The maximum Gasteiger partial charge on any atom is 0.178 e. The minimum absolute atomic E-state index is 0.235. The lowest BCUT2D eigenvalue weighted by molar-refractivity contribution is 0.0899. The van der Waals surface area contributed by atoms with E-state index in [1.807, 2.05) is 30.1 Å². The Hall–Kier alpha value is -1.09. The molecule has 0 saturated heterocycles. The zero-order valence-electron chi connectivity index (χ0n) is 10.9. The van der Waals surface area contributed by atoms with E-state index in [2.05, 4.69) is 11.9 Å². The van der Waals surface area contributed by atoms with Gasteiger partial charge in [0.15, 0.2) is 5.78 Å². The van der Waals surface area contributed by atoms with Crippen molar-refractivity contribution in [3.63, 3.8) is 0 Å². The number of hydrogen-bond donors (Lipinski definition) is 0. The standard InChI is InChI=1S/C14H22N2O/c1-15-9-8-12(10-15)14(17)11-16(2)13-6-4-3-5-7-13/h8-10,13H,3-7,11H2,1-2H3. The van der Waals surface area contributed by atoms with Crippen LogP contribution in [-0.2, 0) is 7.05 Å². The smallest absolute Gasteiger partial charge is 0.178 e. The van der Waals surface area contributed by atoms with Gasteiger partial charge in [0.1, 0.15) is 0 Å². The molecule has 94 valence electrons. The molecule has 0 radical (unpaired) electrons. The summed E-state index contributed by atoms with van der Waals surface area (Å²) in [5.74, 6) is 0.235. The summed E-state index contributed by atoms with van der Waals surface area (Å²) >= 11 is 0. The third-order valence-corrected chi connectivity index (χ3v) is 3.74. The van der Waals surface area contributed by atoms with Crippen molar-refractivity contribution in [2.75, 3.05) is 13.6 Å². The van der Waals surface area contributed by atoms with Gasteiger partial charge < -0.3 is 4.57 Å². The Morgan fingerprint density at radius 3 is 2.71 bits per heavy atom. The zero-order chi connectivity index (χ0) is 12.3. The maximum absolute atomic E-state index is 12.1. The van der Waals surface area contributed by atoms with Crippen molar-refractivity contribution in [3.05, 3.63) is 24.0 Å². The summed E-state index contributed by atoms with van der Waals surface area (Å²) in [5, 5.41) is 0. The monoisotopic (exact) mass is 234 g/mol. The van der Waals surface area contributed by atoms with Crippen LogP contribution >= 0.6 is 0 Å². The number of Topliss-reactive ketones (excluding diaryl/α,β-unsaturated/α-hetero) is 1. The summed E-state index contributed by atoms with van der Waals surface area (Å²) in [7, 11) is 4.03. The van der Waals surface area contributed by atoms with E-state index in [-0.39, 0.29) is 5.78 Å². The molecule has 0 bridgehead atoms. The summed E-state index contributed by atoms with van der Waals surface area (Å²) in [6.45, 7) is 0.550. The number of aromatic nitrogens is 1. The van der Waals surface area contributed by atoms with Gasteiger partial charge in [-0.25, -0.2) is 0 Å². The highest BCUT2D eigenvalue weighted by Gasteiger charge is 2.20. The molecule has 1 saturated carbocycles. The second-order valence-electron chi connectivity index (χ2n) is 5.20. The number of carbonyl (C=O) groups is 1. The molecule has 1 fully saturated rings. The summed E-state index contributed by atoms with van der Waals surface area (Å²) in [6.07, 6.45) is 10.3. The molecule has 1 aliphatic carbocycles. The highest BCUT2D eigenvalue weighted by Crippen LogP contribution is 2.21. The minimum atomic E-state index is 0.235. The van der Waals surface area contributed by atoms with E-state index < -0.39 is 0 Å². The highest BCUT2D eigenvalue weighted by atomic mass is 16.1. The van der Waals surface area contributed by atoms with Crippen LogP contribution in [0.4, 0.5) is 0 Å². The fraction of sp³-hybridized carbons (Fsp3) is 0.643. The van der Waals surface area contributed by atoms with Crippen LogP contribution in [0.3, 0.4) is 0 Å². The molecule has 0 unspecified atom stereocenters. The molecule has 0 amide bonds. The zero-order valence-corrected chi connectivity index (χ0v) is 10.9. The summed E-state index contributed by atoms with van der Waals surface area (Å²) in [5.41, 5.74) is 0.829. The Morgan fingerprint density at radius 2 is 2.12 bits per heavy atom. The lowest BCUT2D eigenvalue weighted by Gasteiger charge is -2.30. The van der Waals surface area contributed by atoms with E-state index >= 15 is 0 Å². The molecular weight excluding hydrogens is 212 g/mol. The lowest BCUT2D eigenvalue weighted by atomic mass is 9.94. The number of rotatable bonds is 4. The molecule has 2 rings (SSSR count). The van der Waals surface area contributed by atoms with E-state index in [1.54, 1.807) is 0 Å². The van der Waals surface area contributed by atoms with Crippen molar-refractivity contribution in [1.82, 2.24) is 9.47 Å². The lowest BCUT2D eigenvalue weighted by Crippen LogP contribution is -2.37. The fourth-order valence-electron chi connectivity index (χ4n) is 2.64. The number of nitrogens with zero attached hydrogens (tertiary/aromatic N) is 2. The first kappa shape index (κ1) is 12.4. The Morgan fingerprint density at radius 1 is 1.41 bits per heavy atom. The molecule has 1 aliphatic rings. The average molecular weight is 234 g/mol. The molecule has 1 aromatic rings. The Labute approximate surface area is 103 Å². The summed E-state index contributed by atoms with van der Waals surface area (Å²) in [4.78, 5) is 14.3. The van der Waals surface area contributed by atoms with Crippen molar-refractivity contribution in [1.29, 1.82) is 0 Å². The quantitative estimate of drug-likeness (QED) is 0.748. The molecule has 0 aliphatic heterocycles. The van der Waals surface area contributed by atoms with Crippen LogP contribution in [0.25, 0.3) is 0 Å². The Balaban J connectivity index is 1.89. The van der Waals surface area contributed by atoms with E-state index in [0.29, 0.717) is 12.6 Å². The topological polar surface area (TPSA) is 25.2 Å². The summed E-state index contributed by atoms with van der Waals surface area (Å²) in [6, 6.07) is 2.51. The van der Waals surface area contributed by atoms with E-state index in [0.717, 1.165) is 5.56 Å². The number of aryl methyl sites for hydroxylation is 1. The van der Waals surface area contributed by atoms with Crippen LogP contribution in [0.1, 0.15) is 42.5 Å². The van der Waals surface area contributed by atoms with Gasteiger partial charge in [0, 0.05) is 31.0 Å². The SMILES string of the molecule is CN(CC(=O)c1ccn(C)c1)C1CCCCC1. The first-order chi connectivity index (χ1) is 8.16. The van der Waals surface area contributed by atoms with E-state index in [1.165, 1.54) is 32.1 Å². The predicted molar refractivity (Wildman–Crippen MR) is 69.2 cm³/mol. The Kier molecular flexibility index (Phi) is 4.00. The Bertz CT molecular complexity index is 377. The maximum atomic E-state index is 12.1. The third-order valence-electron chi connectivity index (χ3n) is 3.74. The predicted octanol–water partition coefficient (Wildman–Crippen LogP) is 2.47. The minimum Gasteiger partial charge on any atom is -0.357 e. The molecule has 1 aromatic heterocycles. The van der Waals surface area contributed by atoms with Crippen molar-refractivity contribution < 1.29 is 4.79 Å². The normalized spacial score (nSPS) is 17.6. The fourth-order valence-corrected chi connectivity index (χ4v) is 2.64. The molecular formula is C14H22N2O. The van der Waals surface area contributed by atoms with Gasteiger partial charge in [-0.05, 0) is 26.0 Å². The number of ketones is 1. The van der Waals surface area contributed by atoms with Gasteiger partial charge >= 0.3 is 0 Å². The van der Waals surface area contributed by atoms with Crippen LogP contribution in [-0.4, -0.2) is 34.9 Å². The number of likely N-dealkylation sites (N-methyl/N-ethyl adjacent to an activating group) is 1. The summed E-state index contributed by atoms with van der Waals surface area (Å²) < 4.78 is 1.92. The van der Waals surface area contributed by atoms with Crippen molar-refractivity contribution in [2.45, 2.75) is 38.1 Å². The van der Waals surface area contributed by atoms with Gasteiger partial charge in [0.25, 0.3) is 0 Å². The molecule has 0 aromatic carbocycles. The second kappa shape index (κ2) is 5.50. The molecule has 17 heavy (non-hydrogen) atoms. The highest BCUT2D eigenvalue weighted by molar-refractivity contribution is 5.97. The average Bonchev–Trinajstić information content (AvgIpc) is 2.77. The molecule has 3 nitrogen and oxygen atoms in total. The third kappa shape index (κ3) is 3.19. The van der Waals surface area contributed by atoms with Crippen LogP contribution in [0.2, 0.25) is 0 Å². The van der Waals surface area contributed by atoms with Crippen LogP contribution in [0.15, 0.2) is 18.5 Å². The first-order valence-corrected chi connectivity index (χ1v) is 6.52. The number of hydrogen-bond acceptors (Lipinski definition) is 2. The van der Waals surface area contributed by atoms with Crippen LogP contribution < -0.4 is 0 Å². The van der Waals surface area contributed by atoms with Crippen molar-refractivity contribution in [3.8, 4) is 0 Å². The van der Waals surface area contributed by atoms with Crippen molar-refractivity contribution in [2.24, 2.45) is 7.05 Å². The first-order valence-electron chi connectivity index (χ1n) is 6.52. The largest absolute Gasteiger partial charge is 0.357 e. The molecule has 1 heterocycles. The van der Waals surface area contributed by atoms with Gasteiger partial charge in [-0.1, -0.05) is 19.3 Å². The molecule has 0 spiro atoms. The van der Waals surface area contributed by atoms with E-state index in [9.17, 15) is 4.79 Å². The second-order valence-corrected chi connectivity index (χ2v) is 5.20. The molecule has 0 atom stereocenters. The van der Waals surface area contributed by atoms with E-state index in [4.69, 9.17) is 0 Å². The van der Waals surface area contributed by atoms with Gasteiger partial charge in [0.2, 0.25) is 0 Å². The van der Waals surface area contributed by atoms with Gasteiger partial charge in [-0.3, -0.25) is 9.69 Å².